The maximum Gasteiger partial charge on any atom is 0.196 e. The van der Waals surface area contributed by atoms with Crippen LogP contribution in [0.25, 0.3) is 0 Å². The molecule has 4 saturated carbocycles. The van der Waals surface area contributed by atoms with Crippen molar-refractivity contribution in [2.75, 3.05) is 13.1 Å². The number of ether oxygens (including phenoxy) is 1. The molecule has 0 amide bonds. The number of piperidine rings is 2. The lowest BCUT2D eigenvalue weighted by atomic mass is 9.49. The Morgan fingerprint density at radius 1 is 0.944 bits per heavy atom. The number of rotatable bonds is 0. The van der Waals surface area contributed by atoms with Gasteiger partial charge in [-0.05, 0) is 63.2 Å². The SMILES string of the molecule is C[C@H]1CC[C@@H]2N(CC3C4C[C@]56O[C@@]7(O)C(CC(O)C5[C@]4(O)[C@@H](O)C(O)C3[C@]2(C)O)[C@]6(C)CC[C@@H]7O)C1. The Labute approximate surface area is 212 Å². The molecule has 204 valence electrons. The van der Waals surface area contributed by atoms with Crippen molar-refractivity contribution in [2.45, 2.75) is 112 Å². The van der Waals surface area contributed by atoms with Crippen LogP contribution in [0.15, 0.2) is 0 Å². The summed E-state index contributed by atoms with van der Waals surface area (Å²) < 4.78 is 6.51. The van der Waals surface area contributed by atoms with E-state index in [2.05, 4.69) is 11.8 Å². The molecule has 16 atom stereocenters. The van der Waals surface area contributed by atoms with E-state index in [1.165, 1.54) is 0 Å². The van der Waals surface area contributed by atoms with E-state index >= 15 is 0 Å². The first kappa shape index (κ1) is 24.7. The summed E-state index contributed by atoms with van der Waals surface area (Å²) in [5, 5.41) is 81.4. The van der Waals surface area contributed by atoms with Crippen molar-refractivity contribution < 1.29 is 40.5 Å². The molecule has 0 aromatic heterocycles. The summed E-state index contributed by atoms with van der Waals surface area (Å²) in [6.45, 7) is 7.40. The Balaban J connectivity index is 1.37. The van der Waals surface area contributed by atoms with Crippen LogP contribution in [0.2, 0.25) is 0 Å². The van der Waals surface area contributed by atoms with Crippen molar-refractivity contribution in [1.82, 2.24) is 4.90 Å². The first-order valence-electron chi connectivity index (χ1n) is 14.1. The molecule has 4 bridgehead atoms. The Bertz CT molecular complexity index is 964. The van der Waals surface area contributed by atoms with Gasteiger partial charge < -0.3 is 40.5 Å². The highest BCUT2D eigenvalue weighted by Gasteiger charge is 2.86. The smallest absolute Gasteiger partial charge is 0.196 e. The second kappa shape index (κ2) is 7.04. The molecule has 9 nitrogen and oxygen atoms in total. The topological polar surface area (TPSA) is 154 Å². The van der Waals surface area contributed by atoms with Crippen molar-refractivity contribution in [3.8, 4) is 0 Å². The summed E-state index contributed by atoms with van der Waals surface area (Å²) in [6.07, 6.45) is -1.92. The van der Waals surface area contributed by atoms with E-state index in [0.29, 0.717) is 31.7 Å². The average Bonchev–Trinajstić information content (AvgIpc) is 3.08. The van der Waals surface area contributed by atoms with Gasteiger partial charge in [-0.3, -0.25) is 4.90 Å². The average molecular weight is 510 g/mol. The van der Waals surface area contributed by atoms with Gasteiger partial charge in [0.05, 0.1) is 23.4 Å². The zero-order chi connectivity index (χ0) is 25.8. The van der Waals surface area contributed by atoms with Gasteiger partial charge in [0.1, 0.15) is 17.8 Å². The Hall–Kier alpha value is -0.360. The molecule has 3 aliphatic heterocycles. The minimum absolute atomic E-state index is 0.130. The molecule has 3 heterocycles. The van der Waals surface area contributed by atoms with Crippen LogP contribution in [0.4, 0.5) is 0 Å². The van der Waals surface area contributed by atoms with Gasteiger partial charge in [0.2, 0.25) is 0 Å². The van der Waals surface area contributed by atoms with Crippen LogP contribution in [0.1, 0.15) is 59.3 Å². The second-order valence-electron chi connectivity index (χ2n) is 14.2. The van der Waals surface area contributed by atoms with Crippen LogP contribution in [0.3, 0.4) is 0 Å². The molecular weight excluding hydrogens is 466 g/mol. The number of hydrogen-bond acceptors (Lipinski definition) is 9. The van der Waals surface area contributed by atoms with Crippen LogP contribution in [-0.4, -0.2) is 107 Å². The Morgan fingerprint density at radius 3 is 2.39 bits per heavy atom. The highest BCUT2D eigenvalue weighted by molar-refractivity contribution is 5.33. The molecule has 0 radical (unpaired) electrons. The number of hydrogen-bond donors (Lipinski definition) is 7. The zero-order valence-corrected chi connectivity index (χ0v) is 21.5. The number of nitrogens with zero attached hydrogens (tertiary/aromatic N) is 1. The molecule has 9 heteroatoms. The third-order valence-corrected chi connectivity index (χ3v) is 12.8. The van der Waals surface area contributed by atoms with E-state index in [1.807, 2.05) is 6.92 Å². The largest absolute Gasteiger partial charge is 0.393 e. The van der Waals surface area contributed by atoms with Crippen LogP contribution in [-0.2, 0) is 4.74 Å². The van der Waals surface area contributed by atoms with Gasteiger partial charge in [-0.2, -0.15) is 0 Å². The van der Waals surface area contributed by atoms with Crippen LogP contribution < -0.4 is 0 Å². The molecular formula is C27H43NO8. The maximum absolute atomic E-state index is 12.5. The predicted molar refractivity (Wildman–Crippen MR) is 126 cm³/mol. The summed E-state index contributed by atoms with van der Waals surface area (Å²) >= 11 is 0. The van der Waals surface area contributed by atoms with Crippen molar-refractivity contribution in [3.05, 3.63) is 0 Å². The highest BCUT2D eigenvalue weighted by atomic mass is 16.7. The van der Waals surface area contributed by atoms with Gasteiger partial charge in [-0.1, -0.05) is 13.8 Å². The van der Waals surface area contributed by atoms with E-state index in [0.717, 1.165) is 19.4 Å². The van der Waals surface area contributed by atoms with E-state index in [9.17, 15) is 35.7 Å². The summed E-state index contributed by atoms with van der Waals surface area (Å²) in [7, 11) is 0. The van der Waals surface area contributed by atoms with Crippen molar-refractivity contribution >= 4 is 0 Å². The minimum Gasteiger partial charge on any atom is -0.393 e. The molecule has 7 N–H and O–H groups in total. The molecule has 7 rings (SSSR count). The second-order valence-corrected chi connectivity index (χ2v) is 14.2. The van der Waals surface area contributed by atoms with E-state index < -0.39 is 76.1 Å². The lowest BCUT2D eigenvalue weighted by molar-refractivity contribution is -0.295. The fourth-order valence-electron chi connectivity index (χ4n) is 11.4. The van der Waals surface area contributed by atoms with E-state index in [4.69, 9.17) is 4.74 Å². The molecule has 0 aromatic carbocycles. The molecule has 3 saturated heterocycles. The fourth-order valence-corrected chi connectivity index (χ4v) is 11.4. The third kappa shape index (κ3) is 2.46. The van der Waals surface area contributed by atoms with Crippen LogP contribution in [0.5, 0.6) is 0 Å². The van der Waals surface area contributed by atoms with Gasteiger partial charge in [-0.25, -0.2) is 0 Å². The van der Waals surface area contributed by atoms with E-state index in [-0.39, 0.29) is 18.4 Å². The molecule has 1 spiro atoms. The maximum atomic E-state index is 12.5. The predicted octanol–water partition coefficient (Wildman–Crippen LogP) is -0.814. The van der Waals surface area contributed by atoms with Gasteiger partial charge in [-0.15, -0.1) is 0 Å². The Morgan fingerprint density at radius 2 is 1.67 bits per heavy atom. The zero-order valence-electron chi connectivity index (χ0n) is 21.5. The highest BCUT2D eigenvalue weighted by Crippen LogP contribution is 2.76. The number of aliphatic hydroxyl groups is 7. The van der Waals surface area contributed by atoms with Gasteiger partial charge in [0, 0.05) is 42.3 Å². The molecule has 7 aliphatic rings. The lowest BCUT2D eigenvalue weighted by Gasteiger charge is -2.63. The molecule has 0 aromatic rings. The summed E-state index contributed by atoms with van der Waals surface area (Å²) in [5.74, 6) is -4.29. The summed E-state index contributed by atoms with van der Waals surface area (Å²) in [4.78, 5) is 2.30. The van der Waals surface area contributed by atoms with Crippen LogP contribution >= 0.6 is 0 Å². The van der Waals surface area contributed by atoms with Crippen molar-refractivity contribution in [1.29, 1.82) is 0 Å². The number of aliphatic hydroxyl groups excluding tert-OH is 4. The van der Waals surface area contributed by atoms with E-state index in [1.54, 1.807) is 6.92 Å². The molecule has 36 heavy (non-hydrogen) atoms. The van der Waals surface area contributed by atoms with Crippen molar-refractivity contribution in [3.63, 3.8) is 0 Å². The molecule has 7 fully saturated rings. The normalized spacial score (nSPS) is 68.0. The van der Waals surface area contributed by atoms with Gasteiger partial charge in [0.15, 0.2) is 5.79 Å². The summed E-state index contributed by atoms with van der Waals surface area (Å²) in [5.41, 5.74) is -4.88. The first-order valence-corrected chi connectivity index (χ1v) is 14.1. The fraction of sp³-hybridized carbons (Fsp3) is 1.00. The molecule has 4 aliphatic carbocycles. The van der Waals surface area contributed by atoms with Crippen molar-refractivity contribution in [2.24, 2.45) is 40.9 Å². The van der Waals surface area contributed by atoms with Gasteiger partial charge in [0.25, 0.3) is 0 Å². The lowest BCUT2D eigenvalue weighted by Crippen LogP contribution is -2.76. The standard InChI is InChI=1S/C27H43NO8/c1-12-4-5-17-24(3,33)19-13(11-28(17)10-12)14-9-25-21(26(14,34)22(32)20(19)31)15(29)8-16-23(25,2)7-6-18(30)27(16,35)36-25/h12-22,29-35H,4-11H2,1-3H3/t12-,13?,14?,15?,16?,17-,18-,19?,20?,21?,22-,23-,24+,25-,26-,27-/m0/s1. The quantitative estimate of drug-likeness (QED) is 0.222. The monoisotopic (exact) mass is 509 g/mol. The summed E-state index contributed by atoms with van der Waals surface area (Å²) in [6, 6.07) is -0.130. The van der Waals surface area contributed by atoms with Crippen LogP contribution in [0, 0.1) is 40.9 Å². The third-order valence-electron chi connectivity index (χ3n) is 12.8. The molecule has 7 unspecified atom stereocenters. The minimum atomic E-state index is -1.85. The van der Waals surface area contributed by atoms with Gasteiger partial charge >= 0.3 is 0 Å². The Kier molecular flexibility index (Phi) is 4.82. The first-order chi connectivity index (χ1) is 16.7. The number of fused-ring (bicyclic) bond motifs is 5.